The molecule has 0 fully saturated rings. The minimum atomic E-state index is -2.55. The van der Waals surface area contributed by atoms with Crippen LogP contribution >= 0.6 is 6.49 Å². The summed E-state index contributed by atoms with van der Waals surface area (Å²) in [5.74, 6) is 0.721. The van der Waals surface area contributed by atoms with Gasteiger partial charge in [0, 0.05) is 5.30 Å². The Morgan fingerprint density at radius 2 is 1.58 bits per heavy atom. The molecule has 0 amide bonds. The highest BCUT2D eigenvalue weighted by atomic mass is 32.5. The summed E-state index contributed by atoms with van der Waals surface area (Å²) in [5.41, 5.74) is 0. The average Bonchev–Trinajstić information content (AvgIpc) is 2.47. The van der Waals surface area contributed by atoms with E-state index in [0.717, 1.165) is 11.1 Å². The van der Waals surface area contributed by atoms with Gasteiger partial charge in [0.15, 0.2) is 0 Å². The number of para-hydroxylation sites is 1. The molecule has 1 atom stereocenters. The molecular formula is C15H15O2PS. The van der Waals surface area contributed by atoms with Crippen LogP contribution in [-0.4, -0.2) is 6.61 Å². The first-order chi connectivity index (χ1) is 9.24. The largest absolute Gasteiger partial charge is 0.440 e. The molecule has 0 radical (unpaired) electrons. The minimum Gasteiger partial charge on any atom is -0.440 e. The molecule has 0 saturated heterocycles. The van der Waals surface area contributed by atoms with Crippen LogP contribution in [0.5, 0.6) is 5.75 Å². The Morgan fingerprint density at radius 3 is 2.16 bits per heavy atom. The molecule has 2 nitrogen and oxygen atoms in total. The maximum Gasteiger partial charge on any atom is 0.269 e. The van der Waals surface area contributed by atoms with Crippen LogP contribution in [0.25, 0.3) is 0 Å². The summed E-state index contributed by atoms with van der Waals surface area (Å²) in [6.45, 7) is 1.48. The van der Waals surface area contributed by atoms with Gasteiger partial charge >= 0.3 is 0 Å². The average molecular weight is 290 g/mol. The molecule has 98 valence electrons. The van der Waals surface area contributed by atoms with E-state index in [0.29, 0.717) is 6.61 Å². The highest BCUT2D eigenvalue weighted by Gasteiger charge is 2.22. The van der Waals surface area contributed by atoms with Crippen molar-refractivity contribution in [1.29, 1.82) is 0 Å². The SMILES string of the molecule is C=CCOP(=S)(Oc1ccccc1)c1ccccc1. The van der Waals surface area contributed by atoms with Crippen LogP contribution < -0.4 is 9.83 Å². The van der Waals surface area contributed by atoms with E-state index in [4.69, 9.17) is 20.9 Å². The molecule has 4 heteroatoms. The van der Waals surface area contributed by atoms with Crippen molar-refractivity contribution in [3.8, 4) is 5.75 Å². The molecule has 0 aliphatic carbocycles. The first kappa shape index (κ1) is 14.0. The lowest BCUT2D eigenvalue weighted by Crippen LogP contribution is -2.12. The van der Waals surface area contributed by atoms with Gasteiger partial charge < -0.3 is 9.05 Å². The summed E-state index contributed by atoms with van der Waals surface area (Å²) in [7, 11) is 0. The summed E-state index contributed by atoms with van der Waals surface area (Å²) in [4.78, 5) is 0. The van der Waals surface area contributed by atoms with E-state index in [1.54, 1.807) is 6.08 Å². The second-order valence-electron chi connectivity index (χ2n) is 3.82. The molecule has 0 heterocycles. The summed E-state index contributed by atoms with van der Waals surface area (Å²) in [5, 5.41) is 0.899. The Kier molecular flexibility index (Phi) is 4.92. The fraction of sp³-hybridized carbons (Fsp3) is 0.0667. The van der Waals surface area contributed by atoms with Crippen molar-refractivity contribution in [1.82, 2.24) is 0 Å². The summed E-state index contributed by atoms with van der Waals surface area (Å²) in [6, 6.07) is 19.2. The molecule has 0 aliphatic rings. The molecule has 0 bridgehead atoms. The fourth-order valence-corrected chi connectivity index (χ4v) is 3.89. The van der Waals surface area contributed by atoms with Crippen molar-refractivity contribution in [3.63, 3.8) is 0 Å². The summed E-state index contributed by atoms with van der Waals surface area (Å²) >= 11 is 5.63. The molecule has 0 saturated carbocycles. The van der Waals surface area contributed by atoms with Gasteiger partial charge in [-0.25, -0.2) is 0 Å². The lowest BCUT2D eigenvalue weighted by atomic mass is 10.3. The predicted molar refractivity (Wildman–Crippen MR) is 83.6 cm³/mol. The van der Waals surface area contributed by atoms with Gasteiger partial charge in [-0.05, 0) is 36.1 Å². The molecular weight excluding hydrogens is 275 g/mol. The lowest BCUT2D eigenvalue weighted by molar-refractivity contribution is 0.359. The lowest BCUT2D eigenvalue weighted by Gasteiger charge is -2.22. The zero-order valence-electron chi connectivity index (χ0n) is 10.4. The number of benzene rings is 2. The summed E-state index contributed by atoms with van der Waals surface area (Å²) in [6.07, 6.45) is 1.68. The van der Waals surface area contributed by atoms with Gasteiger partial charge in [0.25, 0.3) is 6.49 Å². The molecule has 19 heavy (non-hydrogen) atoms. The van der Waals surface area contributed by atoms with Gasteiger partial charge in [-0.15, -0.1) is 6.58 Å². The monoisotopic (exact) mass is 290 g/mol. The Hall–Kier alpha value is -1.41. The normalized spacial score (nSPS) is 13.5. The van der Waals surface area contributed by atoms with E-state index < -0.39 is 6.49 Å². The molecule has 0 spiro atoms. The molecule has 0 N–H and O–H groups in total. The van der Waals surface area contributed by atoms with Gasteiger partial charge in [-0.3, -0.25) is 0 Å². The van der Waals surface area contributed by atoms with Crippen molar-refractivity contribution in [2.24, 2.45) is 0 Å². The first-order valence-electron chi connectivity index (χ1n) is 5.90. The third-order valence-corrected chi connectivity index (χ3v) is 5.45. The van der Waals surface area contributed by atoms with Gasteiger partial charge in [0.2, 0.25) is 0 Å². The highest BCUT2D eigenvalue weighted by molar-refractivity contribution is 8.13. The third kappa shape index (κ3) is 3.77. The smallest absolute Gasteiger partial charge is 0.269 e. The van der Waals surface area contributed by atoms with Gasteiger partial charge in [-0.1, -0.05) is 42.5 Å². The quantitative estimate of drug-likeness (QED) is 0.594. The van der Waals surface area contributed by atoms with Crippen molar-refractivity contribution in [2.75, 3.05) is 6.61 Å². The number of hydrogen-bond donors (Lipinski definition) is 0. The van der Waals surface area contributed by atoms with Crippen molar-refractivity contribution in [3.05, 3.63) is 73.3 Å². The Balaban J connectivity index is 2.30. The van der Waals surface area contributed by atoms with Crippen LogP contribution in [-0.2, 0) is 16.3 Å². The van der Waals surface area contributed by atoms with Gasteiger partial charge in [0.05, 0.1) is 6.61 Å². The van der Waals surface area contributed by atoms with Crippen LogP contribution in [0, 0.1) is 0 Å². The third-order valence-electron chi connectivity index (χ3n) is 2.40. The van der Waals surface area contributed by atoms with Crippen LogP contribution in [0.15, 0.2) is 73.3 Å². The van der Waals surface area contributed by atoms with Gasteiger partial charge in [0.1, 0.15) is 5.75 Å². The number of rotatable bonds is 6. The molecule has 1 unspecified atom stereocenters. The summed E-state index contributed by atoms with van der Waals surface area (Å²) < 4.78 is 11.7. The predicted octanol–water partition coefficient (Wildman–Crippen LogP) is 3.90. The second kappa shape index (κ2) is 6.67. The molecule has 2 rings (SSSR count). The van der Waals surface area contributed by atoms with E-state index in [-0.39, 0.29) is 0 Å². The molecule has 2 aromatic carbocycles. The second-order valence-corrected chi connectivity index (χ2v) is 7.22. The first-order valence-corrected chi connectivity index (χ1v) is 8.54. The van der Waals surface area contributed by atoms with Gasteiger partial charge in [-0.2, -0.15) is 0 Å². The minimum absolute atomic E-state index is 0.374. The molecule has 0 aromatic heterocycles. The van der Waals surface area contributed by atoms with E-state index in [9.17, 15) is 0 Å². The van der Waals surface area contributed by atoms with Crippen LogP contribution in [0.3, 0.4) is 0 Å². The number of hydrogen-bond acceptors (Lipinski definition) is 3. The van der Waals surface area contributed by atoms with E-state index in [1.807, 2.05) is 60.7 Å². The van der Waals surface area contributed by atoms with Crippen molar-refractivity contribution >= 4 is 23.6 Å². The van der Waals surface area contributed by atoms with E-state index >= 15 is 0 Å². The van der Waals surface area contributed by atoms with Crippen LogP contribution in [0.1, 0.15) is 0 Å². The Bertz CT molecular complexity index is 569. The highest BCUT2D eigenvalue weighted by Crippen LogP contribution is 2.47. The fourth-order valence-electron chi connectivity index (χ4n) is 1.54. The van der Waals surface area contributed by atoms with E-state index in [2.05, 4.69) is 6.58 Å². The Labute approximate surface area is 118 Å². The maximum atomic E-state index is 5.95. The zero-order valence-corrected chi connectivity index (χ0v) is 12.1. The standard InChI is InChI=1S/C15H15O2PS/c1-2-13-16-18(19,15-11-7-4-8-12-15)17-14-9-5-3-6-10-14/h2-12H,1,13H2. The van der Waals surface area contributed by atoms with E-state index in [1.165, 1.54) is 0 Å². The van der Waals surface area contributed by atoms with Crippen LogP contribution in [0.2, 0.25) is 0 Å². The molecule has 2 aromatic rings. The van der Waals surface area contributed by atoms with Crippen molar-refractivity contribution in [2.45, 2.75) is 0 Å². The zero-order chi connectivity index (χ0) is 13.6. The maximum absolute atomic E-state index is 5.95. The molecule has 0 aliphatic heterocycles. The van der Waals surface area contributed by atoms with Crippen molar-refractivity contribution < 1.29 is 9.05 Å². The van der Waals surface area contributed by atoms with Crippen LogP contribution in [0.4, 0.5) is 0 Å². The topological polar surface area (TPSA) is 18.5 Å². The Morgan fingerprint density at radius 1 is 1.00 bits per heavy atom.